The van der Waals surface area contributed by atoms with Gasteiger partial charge in [-0.05, 0) is 37.0 Å². The molecule has 114 valence electrons. The van der Waals surface area contributed by atoms with Gasteiger partial charge in [-0.1, -0.05) is 6.07 Å². The highest BCUT2D eigenvalue weighted by molar-refractivity contribution is 5.98. The van der Waals surface area contributed by atoms with Crippen LogP contribution in [-0.4, -0.2) is 36.3 Å². The molecule has 5 nitrogen and oxygen atoms in total. The van der Waals surface area contributed by atoms with Gasteiger partial charge in [0.05, 0.1) is 0 Å². The van der Waals surface area contributed by atoms with Crippen LogP contribution >= 0.6 is 12.4 Å². The molecule has 1 fully saturated rings. The van der Waals surface area contributed by atoms with Gasteiger partial charge in [0, 0.05) is 30.9 Å². The maximum absolute atomic E-state index is 12.5. The molecule has 6 heteroatoms. The fourth-order valence-corrected chi connectivity index (χ4v) is 3.03. The van der Waals surface area contributed by atoms with Crippen molar-refractivity contribution in [1.82, 2.24) is 4.90 Å². The normalized spacial score (nSPS) is 17.4. The summed E-state index contributed by atoms with van der Waals surface area (Å²) < 4.78 is 0. The van der Waals surface area contributed by atoms with Gasteiger partial charge >= 0.3 is 0 Å². The standard InChI is InChI=1S/C15H19N3O2.ClH/c16-12-5-1-6-13-11(12)4-2-9-18(13)15(20)10-17-8-3-7-14(17)19;/h1,5-6H,2-4,7-10,16H2;1H. The lowest BCUT2D eigenvalue weighted by Crippen LogP contribution is -2.43. The summed E-state index contributed by atoms with van der Waals surface area (Å²) in [5.74, 6) is 0.0787. The van der Waals surface area contributed by atoms with Gasteiger partial charge in [0.1, 0.15) is 6.54 Å². The Morgan fingerprint density at radius 2 is 1.95 bits per heavy atom. The van der Waals surface area contributed by atoms with Crippen molar-refractivity contribution in [2.45, 2.75) is 25.7 Å². The van der Waals surface area contributed by atoms with Crippen molar-refractivity contribution in [3.05, 3.63) is 23.8 Å². The van der Waals surface area contributed by atoms with Crippen molar-refractivity contribution < 1.29 is 9.59 Å². The highest BCUT2D eigenvalue weighted by Crippen LogP contribution is 2.31. The topological polar surface area (TPSA) is 66.6 Å². The fourth-order valence-electron chi connectivity index (χ4n) is 3.03. The third-order valence-corrected chi connectivity index (χ3v) is 4.09. The second kappa shape index (κ2) is 6.35. The summed E-state index contributed by atoms with van der Waals surface area (Å²) >= 11 is 0. The minimum Gasteiger partial charge on any atom is -0.398 e. The first-order valence-electron chi connectivity index (χ1n) is 7.12. The molecule has 0 aliphatic carbocycles. The molecule has 1 aromatic rings. The van der Waals surface area contributed by atoms with Crippen LogP contribution in [0.1, 0.15) is 24.8 Å². The molecule has 0 aromatic heterocycles. The zero-order chi connectivity index (χ0) is 14.1. The van der Waals surface area contributed by atoms with Crippen molar-refractivity contribution in [3.8, 4) is 0 Å². The third-order valence-electron chi connectivity index (χ3n) is 4.09. The number of carbonyl (C=O) groups excluding carboxylic acids is 2. The monoisotopic (exact) mass is 309 g/mol. The quantitative estimate of drug-likeness (QED) is 0.844. The van der Waals surface area contributed by atoms with E-state index in [0.717, 1.165) is 36.2 Å². The molecule has 2 heterocycles. The van der Waals surface area contributed by atoms with E-state index in [2.05, 4.69) is 0 Å². The summed E-state index contributed by atoms with van der Waals surface area (Å²) in [7, 11) is 0. The van der Waals surface area contributed by atoms with Crippen molar-refractivity contribution in [2.24, 2.45) is 0 Å². The van der Waals surface area contributed by atoms with E-state index in [1.54, 1.807) is 9.80 Å². The minimum atomic E-state index is -0.00759. The summed E-state index contributed by atoms with van der Waals surface area (Å²) in [6, 6.07) is 5.69. The molecule has 2 N–H and O–H groups in total. The lowest BCUT2D eigenvalue weighted by molar-refractivity contribution is -0.132. The zero-order valence-electron chi connectivity index (χ0n) is 11.9. The van der Waals surface area contributed by atoms with Crippen LogP contribution in [0.2, 0.25) is 0 Å². The Hall–Kier alpha value is -1.75. The molecule has 2 aliphatic heterocycles. The third kappa shape index (κ3) is 2.97. The SMILES string of the molecule is Cl.Nc1cccc2c1CCCN2C(=O)CN1CCCC1=O. The van der Waals surface area contributed by atoms with E-state index in [1.165, 1.54) is 0 Å². The Balaban J connectivity index is 0.00000161. The molecular formula is C15H20ClN3O2. The Kier molecular flexibility index (Phi) is 4.73. The van der Waals surface area contributed by atoms with Gasteiger partial charge in [-0.15, -0.1) is 12.4 Å². The Morgan fingerprint density at radius 3 is 2.67 bits per heavy atom. The predicted molar refractivity (Wildman–Crippen MR) is 84.6 cm³/mol. The number of fused-ring (bicyclic) bond motifs is 1. The predicted octanol–water partition coefficient (Wildman–Crippen LogP) is 1.59. The highest BCUT2D eigenvalue weighted by Gasteiger charge is 2.28. The van der Waals surface area contributed by atoms with Crippen LogP contribution in [-0.2, 0) is 16.0 Å². The van der Waals surface area contributed by atoms with Gasteiger partial charge in [-0.2, -0.15) is 0 Å². The Morgan fingerprint density at radius 1 is 1.19 bits per heavy atom. The highest BCUT2D eigenvalue weighted by atomic mass is 35.5. The van der Waals surface area contributed by atoms with Crippen LogP contribution in [0.5, 0.6) is 0 Å². The van der Waals surface area contributed by atoms with Gasteiger partial charge in [0.25, 0.3) is 0 Å². The van der Waals surface area contributed by atoms with Crippen LogP contribution in [0.25, 0.3) is 0 Å². The number of hydrogen-bond acceptors (Lipinski definition) is 3. The number of nitrogens with two attached hydrogens (primary N) is 1. The van der Waals surface area contributed by atoms with E-state index in [1.807, 2.05) is 18.2 Å². The Labute approximate surface area is 130 Å². The lowest BCUT2D eigenvalue weighted by Gasteiger charge is -2.31. The molecule has 2 aliphatic rings. The molecule has 0 spiro atoms. The molecule has 0 bridgehead atoms. The molecule has 0 radical (unpaired) electrons. The van der Waals surface area contributed by atoms with Crippen LogP contribution < -0.4 is 10.6 Å². The van der Waals surface area contributed by atoms with E-state index >= 15 is 0 Å². The van der Waals surface area contributed by atoms with Crippen LogP contribution in [0.3, 0.4) is 0 Å². The number of anilines is 2. The second-order valence-corrected chi connectivity index (χ2v) is 5.41. The van der Waals surface area contributed by atoms with E-state index in [4.69, 9.17) is 5.73 Å². The lowest BCUT2D eigenvalue weighted by atomic mass is 10.00. The maximum Gasteiger partial charge on any atom is 0.246 e. The fraction of sp³-hybridized carbons (Fsp3) is 0.467. The first kappa shape index (κ1) is 15.6. The number of carbonyl (C=O) groups is 2. The van der Waals surface area contributed by atoms with E-state index in [0.29, 0.717) is 19.5 Å². The van der Waals surface area contributed by atoms with Crippen molar-refractivity contribution >= 4 is 35.6 Å². The first-order valence-corrected chi connectivity index (χ1v) is 7.12. The maximum atomic E-state index is 12.5. The number of hydrogen-bond donors (Lipinski definition) is 1. The van der Waals surface area contributed by atoms with Gasteiger partial charge < -0.3 is 15.5 Å². The van der Waals surface area contributed by atoms with Crippen molar-refractivity contribution in [2.75, 3.05) is 30.3 Å². The van der Waals surface area contributed by atoms with E-state index in [-0.39, 0.29) is 30.8 Å². The van der Waals surface area contributed by atoms with Crippen molar-refractivity contribution in [1.29, 1.82) is 0 Å². The second-order valence-electron chi connectivity index (χ2n) is 5.41. The molecule has 0 unspecified atom stereocenters. The summed E-state index contributed by atoms with van der Waals surface area (Å²) in [6.45, 7) is 1.59. The molecule has 0 saturated carbocycles. The zero-order valence-corrected chi connectivity index (χ0v) is 12.7. The largest absolute Gasteiger partial charge is 0.398 e. The van der Waals surface area contributed by atoms with Crippen LogP contribution in [0.15, 0.2) is 18.2 Å². The van der Waals surface area contributed by atoms with Crippen molar-refractivity contribution in [3.63, 3.8) is 0 Å². The summed E-state index contributed by atoms with van der Waals surface area (Å²) in [5, 5.41) is 0. The van der Waals surface area contributed by atoms with Gasteiger partial charge in [-0.25, -0.2) is 0 Å². The average molecular weight is 310 g/mol. The van der Waals surface area contributed by atoms with Gasteiger partial charge in [0.2, 0.25) is 11.8 Å². The summed E-state index contributed by atoms with van der Waals surface area (Å²) in [4.78, 5) is 27.5. The molecular weight excluding hydrogens is 290 g/mol. The average Bonchev–Trinajstić information content (AvgIpc) is 2.84. The van der Waals surface area contributed by atoms with Gasteiger partial charge in [0.15, 0.2) is 0 Å². The molecule has 21 heavy (non-hydrogen) atoms. The number of benzene rings is 1. The number of rotatable bonds is 2. The smallest absolute Gasteiger partial charge is 0.246 e. The van der Waals surface area contributed by atoms with Crippen LogP contribution in [0.4, 0.5) is 11.4 Å². The van der Waals surface area contributed by atoms with E-state index < -0.39 is 0 Å². The number of halogens is 1. The molecule has 3 rings (SSSR count). The Bertz CT molecular complexity index is 562. The minimum absolute atomic E-state index is 0. The summed E-state index contributed by atoms with van der Waals surface area (Å²) in [6.07, 6.45) is 3.25. The van der Waals surface area contributed by atoms with E-state index in [9.17, 15) is 9.59 Å². The summed E-state index contributed by atoms with van der Waals surface area (Å²) in [5.41, 5.74) is 8.70. The molecule has 1 aromatic carbocycles. The molecule has 2 amide bonds. The molecule has 1 saturated heterocycles. The van der Waals surface area contributed by atoms with Crippen LogP contribution in [0, 0.1) is 0 Å². The number of nitrogens with zero attached hydrogens (tertiary/aromatic N) is 2. The van der Waals surface area contributed by atoms with Gasteiger partial charge in [-0.3, -0.25) is 9.59 Å². The number of amides is 2. The number of likely N-dealkylation sites (tertiary alicyclic amines) is 1. The molecule has 0 atom stereocenters. The number of nitrogen functional groups attached to an aromatic ring is 1. The first-order chi connectivity index (χ1) is 9.66.